The van der Waals surface area contributed by atoms with E-state index >= 15 is 0 Å². The molecule has 1 aromatic heterocycles. The number of aliphatic hydroxyl groups excluding tert-OH is 1. The van der Waals surface area contributed by atoms with E-state index in [1.54, 1.807) is 0 Å². The van der Waals surface area contributed by atoms with Crippen molar-refractivity contribution < 1.29 is 5.11 Å². The Morgan fingerprint density at radius 1 is 1.77 bits per heavy atom. The van der Waals surface area contributed by atoms with Gasteiger partial charge in [-0.15, -0.1) is 0 Å². The molecule has 1 heterocycles. The first-order valence-electron chi connectivity index (χ1n) is 4.50. The summed E-state index contributed by atoms with van der Waals surface area (Å²) in [5.74, 6) is 1.36. The van der Waals surface area contributed by atoms with Crippen molar-refractivity contribution in [3.8, 4) is 0 Å². The van der Waals surface area contributed by atoms with Crippen LogP contribution in [-0.4, -0.2) is 19.9 Å². The number of hydrogen-bond acceptors (Lipinski definition) is 3. The van der Waals surface area contributed by atoms with E-state index in [1.165, 1.54) is 12.8 Å². The Labute approximate surface area is 81.6 Å². The number of H-pyrrole nitrogens is 1. The van der Waals surface area contributed by atoms with Gasteiger partial charge in [-0.05, 0) is 37.9 Å². The second kappa shape index (κ2) is 3.23. The molecule has 5 heteroatoms. The lowest BCUT2D eigenvalue weighted by Crippen LogP contribution is -2.11. The van der Waals surface area contributed by atoms with E-state index < -0.39 is 0 Å². The normalized spacial score (nSPS) is 18.9. The largest absolute Gasteiger partial charge is 0.388 e. The molecule has 1 aromatic rings. The van der Waals surface area contributed by atoms with E-state index in [0.717, 1.165) is 5.92 Å². The minimum absolute atomic E-state index is 0.0514. The molecule has 0 aromatic carbocycles. The molecule has 13 heavy (non-hydrogen) atoms. The van der Waals surface area contributed by atoms with Crippen molar-refractivity contribution >= 4 is 12.2 Å². The monoisotopic (exact) mass is 199 g/mol. The summed E-state index contributed by atoms with van der Waals surface area (Å²) in [6.07, 6.45) is 2.53. The number of aliphatic hydroxyl groups is 1. The zero-order chi connectivity index (χ0) is 9.42. The zero-order valence-corrected chi connectivity index (χ0v) is 8.34. The SMILES string of the molecule is CC(C1CC1)n1c(CO)n[nH]c1=S. The minimum atomic E-state index is -0.0514. The number of rotatable bonds is 3. The average molecular weight is 199 g/mol. The smallest absolute Gasteiger partial charge is 0.195 e. The molecule has 1 fully saturated rings. The number of nitrogens with zero attached hydrogens (tertiary/aromatic N) is 2. The highest BCUT2D eigenvalue weighted by Gasteiger charge is 2.30. The van der Waals surface area contributed by atoms with Gasteiger partial charge in [-0.2, -0.15) is 5.10 Å². The van der Waals surface area contributed by atoms with Gasteiger partial charge >= 0.3 is 0 Å². The van der Waals surface area contributed by atoms with Gasteiger partial charge in [0.2, 0.25) is 0 Å². The third kappa shape index (κ3) is 1.53. The summed E-state index contributed by atoms with van der Waals surface area (Å²) in [4.78, 5) is 0. The summed E-state index contributed by atoms with van der Waals surface area (Å²) in [5.41, 5.74) is 0. The van der Waals surface area contributed by atoms with Crippen LogP contribution in [0.15, 0.2) is 0 Å². The van der Waals surface area contributed by atoms with Crippen LogP contribution in [0.5, 0.6) is 0 Å². The topological polar surface area (TPSA) is 53.8 Å². The molecule has 1 aliphatic carbocycles. The quantitative estimate of drug-likeness (QED) is 0.724. The lowest BCUT2D eigenvalue weighted by molar-refractivity contribution is 0.258. The molecular formula is C8H13N3OS. The van der Waals surface area contributed by atoms with Crippen molar-refractivity contribution in [1.29, 1.82) is 0 Å². The molecule has 0 amide bonds. The standard InChI is InChI=1S/C8H13N3OS/c1-5(6-2-3-6)11-7(4-12)9-10-8(11)13/h5-6,12H,2-4H2,1H3,(H,10,13). The van der Waals surface area contributed by atoms with Crippen LogP contribution in [0.1, 0.15) is 31.6 Å². The van der Waals surface area contributed by atoms with Crippen LogP contribution >= 0.6 is 12.2 Å². The van der Waals surface area contributed by atoms with E-state index in [1.807, 2.05) is 4.57 Å². The van der Waals surface area contributed by atoms with E-state index in [9.17, 15) is 0 Å². The Morgan fingerprint density at radius 2 is 2.46 bits per heavy atom. The van der Waals surface area contributed by atoms with Gasteiger partial charge in [-0.1, -0.05) is 0 Å². The van der Waals surface area contributed by atoms with Crippen LogP contribution < -0.4 is 0 Å². The molecular weight excluding hydrogens is 186 g/mol. The second-order valence-electron chi connectivity index (χ2n) is 3.55. The van der Waals surface area contributed by atoms with Crippen molar-refractivity contribution in [2.45, 2.75) is 32.4 Å². The van der Waals surface area contributed by atoms with Crippen molar-refractivity contribution in [3.05, 3.63) is 10.6 Å². The van der Waals surface area contributed by atoms with Crippen LogP contribution in [-0.2, 0) is 6.61 Å². The van der Waals surface area contributed by atoms with Gasteiger partial charge in [-0.25, -0.2) is 0 Å². The summed E-state index contributed by atoms with van der Waals surface area (Å²) < 4.78 is 2.54. The fourth-order valence-electron chi connectivity index (χ4n) is 1.66. The van der Waals surface area contributed by atoms with E-state index in [0.29, 0.717) is 16.6 Å². The first-order chi connectivity index (χ1) is 6.24. The molecule has 0 radical (unpaired) electrons. The Bertz CT molecular complexity index is 353. The van der Waals surface area contributed by atoms with Crippen LogP contribution in [0.2, 0.25) is 0 Å². The fourth-order valence-corrected chi connectivity index (χ4v) is 1.98. The maximum Gasteiger partial charge on any atom is 0.195 e. The Balaban J connectivity index is 2.35. The first kappa shape index (κ1) is 8.90. The summed E-state index contributed by atoms with van der Waals surface area (Å²) in [7, 11) is 0. The summed E-state index contributed by atoms with van der Waals surface area (Å²) in [6, 6.07) is 0.369. The predicted octanol–water partition coefficient (Wildman–Crippen LogP) is 1.40. The average Bonchev–Trinajstić information content (AvgIpc) is 2.89. The number of nitrogens with one attached hydrogen (secondary N) is 1. The second-order valence-corrected chi connectivity index (χ2v) is 3.94. The minimum Gasteiger partial charge on any atom is -0.388 e. The maximum atomic E-state index is 9.03. The predicted molar refractivity (Wildman–Crippen MR) is 50.8 cm³/mol. The van der Waals surface area contributed by atoms with E-state index in [2.05, 4.69) is 17.1 Å². The molecule has 0 spiro atoms. The molecule has 4 nitrogen and oxygen atoms in total. The van der Waals surface area contributed by atoms with Gasteiger partial charge in [0, 0.05) is 6.04 Å². The van der Waals surface area contributed by atoms with Crippen molar-refractivity contribution in [2.24, 2.45) is 5.92 Å². The number of aromatic amines is 1. The molecule has 2 N–H and O–H groups in total. The van der Waals surface area contributed by atoms with Crippen LogP contribution in [0.4, 0.5) is 0 Å². The third-order valence-corrected chi connectivity index (χ3v) is 2.92. The lowest BCUT2D eigenvalue weighted by Gasteiger charge is -2.13. The molecule has 72 valence electrons. The maximum absolute atomic E-state index is 9.03. The Kier molecular flexibility index (Phi) is 2.21. The number of hydrogen-bond donors (Lipinski definition) is 2. The first-order valence-corrected chi connectivity index (χ1v) is 4.91. The zero-order valence-electron chi connectivity index (χ0n) is 7.53. The highest BCUT2D eigenvalue weighted by molar-refractivity contribution is 7.71. The van der Waals surface area contributed by atoms with Gasteiger partial charge < -0.3 is 5.11 Å². The summed E-state index contributed by atoms with van der Waals surface area (Å²) in [5, 5.41) is 15.7. The molecule has 1 unspecified atom stereocenters. The Morgan fingerprint density at radius 3 is 3.00 bits per heavy atom. The van der Waals surface area contributed by atoms with Gasteiger partial charge in [-0.3, -0.25) is 9.67 Å². The molecule has 0 aliphatic heterocycles. The van der Waals surface area contributed by atoms with Crippen molar-refractivity contribution in [1.82, 2.24) is 14.8 Å². The van der Waals surface area contributed by atoms with Crippen LogP contribution in [0, 0.1) is 10.7 Å². The van der Waals surface area contributed by atoms with Crippen LogP contribution in [0.25, 0.3) is 0 Å². The summed E-state index contributed by atoms with van der Waals surface area (Å²) in [6.45, 7) is 2.08. The fraction of sp³-hybridized carbons (Fsp3) is 0.750. The van der Waals surface area contributed by atoms with E-state index in [-0.39, 0.29) is 6.61 Å². The third-order valence-electron chi connectivity index (χ3n) is 2.63. The van der Waals surface area contributed by atoms with Crippen molar-refractivity contribution in [3.63, 3.8) is 0 Å². The molecule has 0 saturated heterocycles. The van der Waals surface area contributed by atoms with Crippen molar-refractivity contribution in [2.75, 3.05) is 0 Å². The van der Waals surface area contributed by atoms with E-state index in [4.69, 9.17) is 17.3 Å². The van der Waals surface area contributed by atoms with Gasteiger partial charge in [0.1, 0.15) is 6.61 Å². The molecule has 0 bridgehead atoms. The highest BCUT2D eigenvalue weighted by atomic mass is 32.1. The molecule has 1 saturated carbocycles. The van der Waals surface area contributed by atoms with Crippen LogP contribution in [0.3, 0.4) is 0 Å². The van der Waals surface area contributed by atoms with Gasteiger partial charge in [0.25, 0.3) is 0 Å². The lowest BCUT2D eigenvalue weighted by atomic mass is 10.2. The Hall–Kier alpha value is -0.680. The number of aromatic nitrogens is 3. The van der Waals surface area contributed by atoms with Gasteiger partial charge in [0.05, 0.1) is 0 Å². The highest BCUT2D eigenvalue weighted by Crippen LogP contribution is 2.39. The molecule has 1 aliphatic rings. The summed E-state index contributed by atoms with van der Waals surface area (Å²) >= 11 is 5.10. The molecule has 2 rings (SSSR count). The van der Waals surface area contributed by atoms with Gasteiger partial charge in [0.15, 0.2) is 10.6 Å². The molecule has 1 atom stereocenters.